The highest BCUT2D eigenvalue weighted by molar-refractivity contribution is 7.46. The molecule has 0 aromatic heterocycles. The maximum Gasteiger partial charge on any atom is 0.470 e. The average molecular weight is 302 g/mol. The standard InChI is InChI=1S/C7H11O11P/c8-4(9)2-7(14,6(12)13)1-3(5(10)11)18-19(15,16)17/h3,14H,1-2H2,(H,8,9)(H,10,11)(H,12,13)(H2,15,16,17). The van der Waals surface area contributed by atoms with Crippen LogP contribution in [-0.2, 0) is 23.5 Å². The minimum absolute atomic E-state index is 1.35. The number of phosphoric acid groups is 1. The van der Waals surface area contributed by atoms with Gasteiger partial charge < -0.3 is 30.2 Å². The van der Waals surface area contributed by atoms with E-state index >= 15 is 0 Å². The van der Waals surface area contributed by atoms with Gasteiger partial charge in [0.1, 0.15) is 0 Å². The number of carbonyl (C=O) groups is 3. The van der Waals surface area contributed by atoms with E-state index in [9.17, 15) is 24.1 Å². The van der Waals surface area contributed by atoms with Crippen LogP contribution in [0.25, 0.3) is 0 Å². The fourth-order valence-corrected chi connectivity index (χ4v) is 1.62. The second-order valence-electron chi connectivity index (χ2n) is 3.53. The maximum absolute atomic E-state index is 10.7. The quantitative estimate of drug-likeness (QED) is 0.277. The molecule has 0 amide bonds. The Labute approximate surface area is 105 Å². The molecule has 0 bridgehead atoms. The zero-order valence-electron chi connectivity index (χ0n) is 9.16. The molecule has 0 fully saturated rings. The number of aliphatic carboxylic acids is 3. The van der Waals surface area contributed by atoms with Gasteiger partial charge in [-0.3, -0.25) is 9.32 Å². The van der Waals surface area contributed by atoms with Gasteiger partial charge >= 0.3 is 25.7 Å². The van der Waals surface area contributed by atoms with Crippen molar-refractivity contribution in [2.75, 3.05) is 0 Å². The van der Waals surface area contributed by atoms with Crippen molar-refractivity contribution in [1.82, 2.24) is 0 Å². The zero-order chi connectivity index (χ0) is 15.4. The van der Waals surface area contributed by atoms with Gasteiger partial charge in [0, 0.05) is 6.42 Å². The van der Waals surface area contributed by atoms with Crippen LogP contribution in [-0.4, -0.2) is 59.8 Å². The lowest BCUT2D eigenvalue weighted by molar-refractivity contribution is -0.171. The smallest absolute Gasteiger partial charge is 0.470 e. The van der Waals surface area contributed by atoms with Gasteiger partial charge in [0.05, 0.1) is 6.42 Å². The predicted octanol–water partition coefficient (Wildman–Crippen LogP) is -1.77. The van der Waals surface area contributed by atoms with Gasteiger partial charge in [-0.05, 0) is 0 Å². The van der Waals surface area contributed by atoms with Crippen molar-refractivity contribution in [3.05, 3.63) is 0 Å². The summed E-state index contributed by atoms with van der Waals surface area (Å²) < 4.78 is 14.3. The molecule has 0 aromatic rings. The van der Waals surface area contributed by atoms with Crippen LogP contribution < -0.4 is 0 Å². The largest absolute Gasteiger partial charge is 0.481 e. The van der Waals surface area contributed by atoms with Crippen LogP contribution in [0.3, 0.4) is 0 Å². The Hall–Kier alpha value is -1.52. The second kappa shape index (κ2) is 6.08. The third-order valence-electron chi connectivity index (χ3n) is 1.90. The first-order valence-electron chi connectivity index (χ1n) is 4.52. The van der Waals surface area contributed by atoms with E-state index in [-0.39, 0.29) is 0 Å². The summed E-state index contributed by atoms with van der Waals surface area (Å²) >= 11 is 0. The molecule has 0 rings (SSSR count). The van der Waals surface area contributed by atoms with E-state index < -0.39 is 50.3 Å². The highest BCUT2D eigenvalue weighted by Gasteiger charge is 2.44. The predicted molar refractivity (Wildman–Crippen MR) is 54.0 cm³/mol. The van der Waals surface area contributed by atoms with E-state index in [1.807, 2.05) is 0 Å². The van der Waals surface area contributed by atoms with Crippen molar-refractivity contribution < 1.29 is 53.7 Å². The molecular formula is C7H11O11P. The summed E-state index contributed by atoms with van der Waals surface area (Å²) in [6.45, 7) is 0. The molecule has 0 aliphatic carbocycles. The van der Waals surface area contributed by atoms with Crippen molar-refractivity contribution in [2.45, 2.75) is 24.5 Å². The van der Waals surface area contributed by atoms with E-state index in [1.165, 1.54) is 0 Å². The normalized spacial score (nSPS) is 16.4. The first-order chi connectivity index (χ1) is 8.37. The molecule has 6 N–H and O–H groups in total. The molecule has 11 nitrogen and oxygen atoms in total. The van der Waals surface area contributed by atoms with Gasteiger partial charge in [-0.1, -0.05) is 0 Å². The summed E-state index contributed by atoms with van der Waals surface area (Å²) in [5, 5.41) is 35.2. The fraction of sp³-hybridized carbons (Fsp3) is 0.571. The highest BCUT2D eigenvalue weighted by atomic mass is 31.2. The maximum atomic E-state index is 10.7. The Balaban J connectivity index is 5.17. The number of rotatable bonds is 8. The molecule has 19 heavy (non-hydrogen) atoms. The molecule has 0 saturated carbocycles. The van der Waals surface area contributed by atoms with Crippen molar-refractivity contribution in [2.24, 2.45) is 0 Å². The number of carboxylic acids is 3. The molecule has 0 heterocycles. The lowest BCUT2D eigenvalue weighted by Crippen LogP contribution is -2.45. The average Bonchev–Trinajstić information content (AvgIpc) is 2.12. The molecule has 2 unspecified atom stereocenters. The SMILES string of the molecule is O=C(O)CC(O)(CC(OP(=O)(O)O)C(=O)O)C(=O)O. The zero-order valence-corrected chi connectivity index (χ0v) is 10.1. The van der Waals surface area contributed by atoms with Crippen molar-refractivity contribution in [3.8, 4) is 0 Å². The van der Waals surface area contributed by atoms with Crippen molar-refractivity contribution in [1.29, 1.82) is 0 Å². The second-order valence-corrected chi connectivity index (χ2v) is 4.73. The van der Waals surface area contributed by atoms with E-state index in [4.69, 9.17) is 25.1 Å². The fourth-order valence-electron chi connectivity index (χ4n) is 1.13. The summed E-state index contributed by atoms with van der Waals surface area (Å²) in [6.07, 6.45) is -5.10. The molecule has 0 aliphatic rings. The van der Waals surface area contributed by atoms with E-state index in [0.29, 0.717) is 0 Å². The number of phosphoric ester groups is 1. The number of aliphatic hydroxyl groups is 1. The van der Waals surface area contributed by atoms with Crippen LogP contribution in [0.5, 0.6) is 0 Å². The molecule has 12 heteroatoms. The van der Waals surface area contributed by atoms with Crippen molar-refractivity contribution >= 4 is 25.7 Å². The van der Waals surface area contributed by atoms with Gasteiger partial charge in [0.15, 0.2) is 11.7 Å². The summed E-state index contributed by atoms with van der Waals surface area (Å²) in [5.41, 5.74) is -3.04. The summed E-state index contributed by atoms with van der Waals surface area (Å²) in [4.78, 5) is 48.6. The van der Waals surface area contributed by atoms with Crippen LogP contribution in [0.15, 0.2) is 0 Å². The van der Waals surface area contributed by atoms with Crippen LogP contribution in [0.2, 0.25) is 0 Å². The van der Waals surface area contributed by atoms with E-state index in [1.54, 1.807) is 0 Å². The topological polar surface area (TPSA) is 199 Å². The Kier molecular flexibility index (Phi) is 5.60. The van der Waals surface area contributed by atoms with E-state index in [2.05, 4.69) is 4.52 Å². The lowest BCUT2D eigenvalue weighted by Gasteiger charge is -2.24. The van der Waals surface area contributed by atoms with Crippen molar-refractivity contribution in [3.63, 3.8) is 0 Å². The molecule has 0 aliphatic heterocycles. The number of hydrogen-bond acceptors (Lipinski definition) is 6. The Morgan fingerprint density at radius 2 is 1.63 bits per heavy atom. The minimum Gasteiger partial charge on any atom is -0.481 e. The summed E-state index contributed by atoms with van der Waals surface area (Å²) in [7, 11) is -5.26. The number of carboxylic acid groups (broad SMARTS) is 3. The molecule has 2 atom stereocenters. The first kappa shape index (κ1) is 17.5. The molecular weight excluding hydrogens is 291 g/mol. The third-order valence-corrected chi connectivity index (χ3v) is 2.43. The van der Waals surface area contributed by atoms with Crippen LogP contribution in [0.1, 0.15) is 12.8 Å². The van der Waals surface area contributed by atoms with Crippen LogP contribution in [0, 0.1) is 0 Å². The Morgan fingerprint density at radius 1 is 1.16 bits per heavy atom. The Bertz CT molecular complexity index is 425. The Morgan fingerprint density at radius 3 is 1.89 bits per heavy atom. The van der Waals surface area contributed by atoms with Crippen LogP contribution in [0.4, 0.5) is 0 Å². The number of hydrogen-bond donors (Lipinski definition) is 6. The first-order valence-corrected chi connectivity index (χ1v) is 6.05. The van der Waals surface area contributed by atoms with Crippen LogP contribution >= 0.6 is 7.82 Å². The molecule has 0 spiro atoms. The van der Waals surface area contributed by atoms with Gasteiger partial charge in [0.2, 0.25) is 0 Å². The molecule has 0 aromatic carbocycles. The van der Waals surface area contributed by atoms with Gasteiger partial charge in [0.25, 0.3) is 0 Å². The molecule has 0 radical (unpaired) electrons. The monoisotopic (exact) mass is 302 g/mol. The van der Waals surface area contributed by atoms with Gasteiger partial charge in [-0.2, -0.15) is 0 Å². The minimum atomic E-state index is -5.26. The van der Waals surface area contributed by atoms with Gasteiger partial charge in [-0.15, -0.1) is 0 Å². The van der Waals surface area contributed by atoms with E-state index in [0.717, 1.165) is 0 Å². The lowest BCUT2D eigenvalue weighted by atomic mass is 9.92. The summed E-state index contributed by atoms with van der Waals surface area (Å²) in [6, 6.07) is 0. The third kappa shape index (κ3) is 6.27. The molecule has 0 saturated heterocycles. The summed E-state index contributed by atoms with van der Waals surface area (Å²) in [5.74, 6) is -5.77. The molecule has 110 valence electrons. The van der Waals surface area contributed by atoms with Gasteiger partial charge in [-0.25, -0.2) is 14.2 Å². The highest BCUT2D eigenvalue weighted by Crippen LogP contribution is 2.39.